The summed E-state index contributed by atoms with van der Waals surface area (Å²) in [6.07, 6.45) is 3.34. The summed E-state index contributed by atoms with van der Waals surface area (Å²) in [5.74, 6) is 0.312. The predicted molar refractivity (Wildman–Crippen MR) is 71.8 cm³/mol. The van der Waals surface area contributed by atoms with E-state index in [1.807, 2.05) is 12.1 Å². The topological polar surface area (TPSA) is 46.4 Å². The summed E-state index contributed by atoms with van der Waals surface area (Å²) in [7, 11) is 0. The number of hydrogen-bond acceptors (Lipinski definition) is 3. The molecule has 2 rings (SSSR count). The fourth-order valence-corrected chi connectivity index (χ4v) is 2.83. The van der Waals surface area contributed by atoms with Gasteiger partial charge in [-0.15, -0.1) is 0 Å². The molecule has 1 aromatic carbocycles. The van der Waals surface area contributed by atoms with Gasteiger partial charge in [0.05, 0.1) is 4.92 Å². The Hall–Kier alpha value is -1.42. The van der Waals surface area contributed by atoms with Crippen LogP contribution in [0.25, 0.3) is 0 Å². The molecule has 1 heterocycles. The summed E-state index contributed by atoms with van der Waals surface area (Å²) < 4.78 is 0. The second-order valence-electron chi connectivity index (χ2n) is 4.96. The van der Waals surface area contributed by atoms with Crippen LogP contribution in [-0.2, 0) is 0 Å². The number of nitro benzene ring substituents is 1. The van der Waals surface area contributed by atoms with E-state index in [1.54, 1.807) is 12.1 Å². The molecule has 1 aliphatic rings. The molecule has 0 saturated carbocycles. The smallest absolute Gasteiger partial charge is 0.272 e. The number of benzene rings is 1. The van der Waals surface area contributed by atoms with Crippen molar-refractivity contribution in [1.29, 1.82) is 0 Å². The molecule has 98 valence electrons. The molecule has 0 aromatic heterocycles. The Morgan fingerprint density at radius 2 is 2.22 bits per heavy atom. The average molecular weight is 248 g/mol. The average Bonchev–Trinajstić information content (AvgIpc) is 2.39. The number of para-hydroxylation sites is 1. The first kappa shape index (κ1) is 13.0. The van der Waals surface area contributed by atoms with Crippen LogP contribution in [0.15, 0.2) is 24.3 Å². The molecule has 1 fully saturated rings. The molecule has 1 saturated heterocycles. The van der Waals surface area contributed by atoms with E-state index in [1.165, 1.54) is 0 Å². The van der Waals surface area contributed by atoms with Gasteiger partial charge in [-0.2, -0.15) is 0 Å². The number of piperidine rings is 1. The van der Waals surface area contributed by atoms with E-state index in [-0.39, 0.29) is 10.6 Å². The summed E-state index contributed by atoms with van der Waals surface area (Å²) >= 11 is 0. The summed E-state index contributed by atoms with van der Waals surface area (Å²) in [5, 5.41) is 11.1. The van der Waals surface area contributed by atoms with Crippen molar-refractivity contribution in [3.63, 3.8) is 0 Å². The molecule has 4 nitrogen and oxygen atoms in total. The first-order valence-corrected chi connectivity index (χ1v) is 6.68. The second kappa shape index (κ2) is 5.96. The maximum Gasteiger partial charge on any atom is 0.272 e. The quantitative estimate of drug-likeness (QED) is 0.607. The molecule has 0 amide bonds. The Bertz CT molecular complexity index is 418. The lowest BCUT2D eigenvalue weighted by molar-refractivity contribution is -0.385. The van der Waals surface area contributed by atoms with Gasteiger partial charge in [-0.25, -0.2) is 0 Å². The SMILES string of the molecule is CCCN1CCCC(c2ccccc2[N+](=O)[O-])C1. The normalized spacial score (nSPS) is 20.8. The highest BCUT2D eigenvalue weighted by molar-refractivity contribution is 5.42. The van der Waals surface area contributed by atoms with Gasteiger partial charge in [0.1, 0.15) is 0 Å². The fourth-order valence-electron chi connectivity index (χ4n) is 2.83. The van der Waals surface area contributed by atoms with Crippen LogP contribution in [-0.4, -0.2) is 29.5 Å². The van der Waals surface area contributed by atoms with Crippen LogP contribution in [0.4, 0.5) is 5.69 Å². The van der Waals surface area contributed by atoms with Crippen molar-refractivity contribution in [3.05, 3.63) is 39.9 Å². The largest absolute Gasteiger partial charge is 0.303 e. The van der Waals surface area contributed by atoms with Crippen LogP contribution >= 0.6 is 0 Å². The molecular formula is C14H20N2O2. The third kappa shape index (κ3) is 2.88. The first-order chi connectivity index (χ1) is 8.72. The Morgan fingerprint density at radius 3 is 2.94 bits per heavy atom. The zero-order chi connectivity index (χ0) is 13.0. The van der Waals surface area contributed by atoms with E-state index < -0.39 is 0 Å². The number of nitro groups is 1. The molecule has 4 heteroatoms. The molecule has 18 heavy (non-hydrogen) atoms. The molecule has 0 spiro atoms. The van der Waals surface area contributed by atoms with Crippen molar-refractivity contribution in [1.82, 2.24) is 4.90 Å². The monoisotopic (exact) mass is 248 g/mol. The minimum Gasteiger partial charge on any atom is -0.303 e. The molecule has 1 atom stereocenters. The zero-order valence-corrected chi connectivity index (χ0v) is 10.8. The van der Waals surface area contributed by atoms with Crippen molar-refractivity contribution < 1.29 is 4.92 Å². The van der Waals surface area contributed by atoms with E-state index in [4.69, 9.17) is 0 Å². The van der Waals surface area contributed by atoms with E-state index >= 15 is 0 Å². The van der Waals surface area contributed by atoms with E-state index in [2.05, 4.69) is 11.8 Å². The molecule has 1 aliphatic heterocycles. The standard InChI is InChI=1S/C14H20N2O2/c1-2-9-15-10-5-6-12(11-15)13-7-3-4-8-14(13)16(17)18/h3-4,7-8,12H,2,5-6,9-11H2,1H3. The lowest BCUT2D eigenvalue weighted by Gasteiger charge is -2.32. The lowest BCUT2D eigenvalue weighted by atomic mass is 9.89. The number of rotatable bonds is 4. The zero-order valence-electron chi connectivity index (χ0n) is 10.8. The number of hydrogen-bond donors (Lipinski definition) is 0. The molecule has 0 bridgehead atoms. The van der Waals surface area contributed by atoms with Gasteiger partial charge in [-0.3, -0.25) is 10.1 Å². The van der Waals surface area contributed by atoms with Gasteiger partial charge in [0, 0.05) is 24.1 Å². The molecule has 0 aliphatic carbocycles. The van der Waals surface area contributed by atoms with Crippen LogP contribution in [0.3, 0.4) is 0 Å². The maximum atomic E-state index is 11.1. The molecule has 1 aromatic rings. The Labute approximate surface area is 108 Å². The van der Waals surface area contributed by atoms with E-state index in [9.17, 15) is 10.1 Å². The van der Waals surface area contributed by atoms with Gasteiger partial charge >= 0.3 is 0 Å². The van der Waals surface area contributed by atoms with Crippen LogP contribution in [0.5, 0.6) is 0 Å². The van der Waals surface area contributed by atoms with Crippen molar-refractivity contribution in [2.24, 2.45) is 0 Å². The summed E-state index contributed by atoms with van der Waals surface area (Å²) in [5.41, 5.74) is 1.18. The Morgan fingerprint density at radius 1 is 1.44 bits per heavy atom. The third-order valence-corrected chi connectivity index (χ3v) is 3.62. The predicted octanol–water partition coefficient (Wildman–Crippen LogP) is 3.18. The summed E-state index contributed by atoms with van der Waals surface area (Å²) in [6, 6.07) is 7.18. The maximum absolute atomic E-state index is 11.1. The Kier molecular flexibility index (Phi) is 4.31. The van der Waals surface area contributed by atoms with Gasteiger partial charge in [-0.1, -0.05) is 25.1 Å². The first-order valence-electron chi connectivity index (χ1n) is 6.68. The Balaban J connectivity index is 2.18. The van der Waals surface area contributed by atoms with Crippen molar-refractivity contribution >= 4 is 5.69 Å². The van der Waals surface area contributed by atoms with Gasteiger partial charge in [-0.05, 0) is 32.4 Å². The van der Waals surface area contributed by atoms with E-state index in [0.29, 0.717) is 5.92 Å². The summed E-state index contributed by atoms with van der Waals surface area (Å²) in [6.45, 7) is 5.36. The van der Waals surface area contributed by atoms with Gasteiger partial charge in [0.15, 0.2) is 0 Å². The minimum absolute atomic E-state index is 0.256. The van der Waals surface area contributed by atoms with Gasteiger partial charge in [0.2, 0.25) is 0 Å². The molecular weight excluding hydrogens is 228 g/mol. The van der Waals surface area contributed by atoms with Gasteiger partial charge < -0.3 is 4.90 Å². The number of likely N-dealkylation sites (tertiary alicyclic amines) is 1. The van der Waals surface area contributed by atoms with Crippen LogP contribution in [0.2, 0.25) is 0 Å². The van der Waals surface area contributed by atoms with Crippen LogP contribution in [0, 0.1) is 10.1 Å². The molecule has 0 radical (unpaired) electrons. The highest BCUT2D eigenvalue weighted by atomic mass is 16.6. The van der Waals surface area contributed by atoms with E-state index in [0.717, 1.165) is 44.5 Å². The van der Waals surface area contributed by atoms with Crippen LogP contribution in [0.1, 0.15) is 37.7 Å². The molecule has 0 N–H and O–H groups in total. The third-order valence-electron chi connectivity index (χ3n) is 3.62. The lowest BCUT2D eigenvalue weighted by Crippen LogP contribution is -2.35. The highest BCUT2D eigenvalue weighted by Gasteiger charge is 2.26. The van der Waals surface area contributed by atoms with Crippen molar-refractivity contribution in [3.8, 4) is 0 Å². The summed E-state index contributed by atoms with van der Waals surface area (Å²) in [4.78, 5) is 13.2. The van der Waals surface area contributed by atoms with Gasteiger partial charge in [0.25, 0.3) is 5.69 Å². The van der Waals surface area contributed by atoms with Crippen molar-refractivity contribution in [2.75, 3.05) is 19.6 Å². The fraction of sp³-hybridized carbons (Fsp3) is 0.571. The van der Waals surface area contributed by atoms with Crippen molar-refractivity contribution in [2.45, 2.75) is 32.1 Å². The van der Waals surface area contributed by atoms with Crippen LogP contribution < -0.4 is 0 Å². The minimum atomic E-state index is -0.256. The second-order valence-corrected chi connectivity index (χ2v) is 4.96. The molecule has 1 unspecified atom stereocenters. The number of nitrogens with zero attached hydrogens (tertiary/aromatic N) is 2. The highest BCUT2D eigenvalue weighted by Crippen LogP contribution is 2.32.